The van der Waals surface area contributed by atoms with Gasteiger partial charge in [0.2, 0.25) is 0 Å². The van der Waals surface area contributed by atoms with Gasteiger partial charge in [-0.1, -0.05) is 42.4 Å². The highest BCUT2D eigenvalue weighted by Gasteiger charge is 2.21. The lowest BCUT2D eigenvalue weighted by Crippen LogP contribution is -2.35. The molecule has 0 aliphatic carbocycles. The number of hydrogen-bond donors (Lipinski definition) is 2. The minimum atomic E-state index is 0.136. The van der Waals surface area contributed by atoms with E-state index in [1.165, 1.54) is 5.56 Å². The highest BCUT2D eigenvalue weighted by Crippen LogP contribution is 2.25. The van der Waals surface area contributed by atoms with Crippen LogP contribution in [-0.4, -0.2) is 29.0 Å². The second kappa shape index (κ2) is 7.01. The molecule has 100 valence electrons. The minimum Gasteiger partial charge on any atom is -0.409 e. The van der Waals surface area contributed by atoms with Gasteiger partial charge in [-0.25, -0.2) is 0 Å². The maximum Gasteiger partial charge on any atom is 0.141 e. The summed E-state index contributed by atoms with van der Waals surface area (Å²) < 4.78 is 0. The van der Waals surface area contributed by atoms with E-state index >= 15 is 0 Å². The van der Waals surface area contributed by atoms with Crippen molar-refractivity contribution in [3.63, 3.8) is 0 Å². The molecule has 3 N–H and O–H groups in total. The molecule has 1 aromatic carbocycles. The number of hydrogen-bond acceptors (Lipinski definition) is 3. The largest absolute Gasteiger partial charge is 0.409 e. The summed E-state index contributed by atoms with van der Waals surface area (Å²) in [5.41, 5.74) is 6.85. The van der Waals surface area contributed by atoms with Crippen LogP contribution >= 0.6 is 0 Å². The Hall–Kier alpha value is -1.55. The van der Waals surface area contributed by atoms with Crippen LogP contribution in [0, 0.1) is 0 Å². The molecule has 2 unspecified atom stereocenters. The molecule has 0 aromatic heterocycles. The summed E-state index contributed by atoms with van der Waals surface area (Å²) in [5.74, 6) is 0.263. The predicted octanol–water partition coefficient (Wildman–Crippen LogP) is 2.59. The Labute approximate surface area is 109 Å². The molecule has 0 saturated heterocycles. The molecule has 1 rings (SSSR count). The summed E-state index contributed by atoms with van der Waals surface area (Å²) in [6, 6.07) is 10.8. The van der Waals surface area contributed by atoms with Crippen molar-refractivity contribution < 1.29 is 5.21 Å². The third-order valence-electron chi connectivity index (χ3n) is 3.49. The van der Waals surface area contributed by atoms with Gasteiger partial charge in [-0.15, -0.1) is 0 Å². The van der Waals surface area contributed by atoms with Crippen molar-refractivity contribution in [2.45, 2.75) is 38.8 Å². The third-order valence-corrected chi connectivity index (χ3v) is 3.49. The van der Waals surface area contributed by atoms with Gasteiger partial charge < -0.3 is 10.9 Å². The average molecular weight is 249 g/mol. The van der Waals surface area contributed by atoms with Crippen molar-refractivity contribution >= 4 is 5.84 Å². The minimum absolute atomic E-state index is 0.136. The molecule has 0 radical (unpaired) electrons. The Morgan fingerprint density at radius 1 is 1.39 bits per heavy atom. The Morgan fingerprint density at radius 3 is 2.50 bits per heavy atom. The fourth-order valence-electron chi connectivity index (χ4n) is 2.01. The first-order valence-corrected chi connectivity index (χ1v) is 6.33. The predicted molar refractivity (Wildman–Crippen MR) is 74.7 cm³/mol. The maximum absolute atomic E-state index is 8.75. The van der Waals surface area contributed by atoms with Crippen molar-refractivity contribution in [3.8, 4) is 0 Å². The first-order valence-electron chi connectivity index (χ1n) is 6.33. The van der Waals surface area contributed by atoms with Crippen molar-refractivity contribution in [2.75, 3.05) is 7.05 Å². The first-order chi connectivity index (χ1) is 8.60. The van der Waals surface area contributed by atoms with E-state index in [0.29, 0.717) is 12.5 Å². The van der Waals surface area contributed by atoms with Crippen LogP contribution in [0.4, 0.5) is 0 Å². The number of benzene rings is 1. The second-order valence-electron chi connectivity index (χ2n) is 4.64. The van der Waals surface area contributed by atoms with E-state index in [4.69, 9.17) is 10.9 Å². The molecule has 4 nitrogen and oxygen atoms in total. The van der Waals surface area contributed by atoms with Gasteiger partial charge in [-0.05, 0) is 26.0 Å². The van der Waals surface area contributed by atoms with Gasteiger partial charge in [0, 0.05) is 18.5 Å². The monoisotopic (exact) mass is 249 g/mol. The van der Waals surface area contributed by atoms with Crippen LogP contribution in [0.2, 0.25) is 0 Å². The molecule has 18 heavy (non-hydrogen) atoms. The lowest BCUT2D eigenvalue weighted by molar-refractivity contribution is 0.183. The molecule has 0 bridgehead atoms. The van der Waals surface area contributed by atoms with Crippen molar-refractivity contribution in [1.29, 1.82) is 0 Å². The third kappa shape index (κ3) is 3.74. The van der Waals surface area contributed by atoms with Gasteiger partial charge in [0.25, 0.3) is 0 Å². The van der Waals surface area contributed by atoms with Crippen molar-refractivity contribution in [1.82, 2.24) is 4.90 Å². The number of nitrogens with two attached hydrogens (primary N) is 1. The normalized spacial score (nSPS) is 15.7. The van der Waals surface area contributed by atoms with E-state index in [1.807, 2.05) is 18.2 Å². The Balaban J connectivity index is 2.95. The summed E-state index contributed by atoms with van der Waals surface area (Å²) in [6.07, 6.45) is 1.59. The van der Waals surface area contributed by atoms with Crippen LogP contribution in [0.25, 0.3) is 0 Å². The number of amidine groups is 1. The van der Waals surface area contributed by atoms with Crippen molar-refractivity contribution in [3.05, 3.63) is 35.9 Å². The van der Waals surface area contributed by atoms with Gasteiger partial charge in [-0.3, -0.25) is 4.90 Å². The van der Waals surface area contributed by atoms with Crippen LogP contribution < -0.4 is 5.73 Å². The summed E-state index contributed by atoms with van der Waals surface area (Å²) in [4.78, 5) is 2.27. The van der Waals surface area contributed by atoms with Gasteiger partial charge in [-0.2, -0.15) is 0 Å². The average Bonchev–Trinajstić information content (AvgIpc) is 2.43. The van der Waals surface area contributed by atoms with Crippen LogP contribution in [0.5, 0.6) is 0 Å². The fraction of sp³-hybridized carbons (Fsp3) is 0.500. The molecule has 1 aromatic rings. The van der Waals surface area contributed by atoms with Gasteiger partial charge in [0.1, 0.15) is 5.84 Å². The van der Waals surface area contributed by atoms with Crippen molar-refractivity contribution in [2.24, 2.45) is 10.9 Å². The molecule has 0 heterocycles. The standard InChI is InChI=1S/C14H23N3O/c1-4-11(2)17(3)13(10-14(15)16-18)12-8-6-5-7-9-12/h5-9,11,13,18H,4,10H2,1-3H3,(H2,15,16). The van der Waals surface area contributed by atoms with Gasteiger partial charge in [0.05, 0.1) is 0 Å². The van der Waals surface area contributed by atoms with Crippen LogP contribution in [0.1, 0.15) is 38.3 Å². The van der Waals surface area contributed by atoms with Crippen LogP contribution in [0.15, 0.2) is 35.5 Å². The summed E-state index contributed by atoms with van der Waals surface area (Å²) >= 11 is 0. The molecule has 0 spiro atoms. The fourth-order valence-corrected chi connectivity index (χ4v) is 2.01. The maximum atomic E-state index is 8.75. The van der Waals surface area contributed by atoms with E-state index in [-0.39, 0.29) is 11.9 Å². The first kappa shape index (κ1) is 14.5. The van der Waals surface area contributed by atoms with Gasteiger partial charge >= 0.3 is 0 Å². The lowest BCUT2D eigenvalue weighted by atomic mass is 10.00. The Morgan fingerprint density at radius 2 is 2.00 bits per heavy atom. The smallest absolute Gasteiger partial charge is 0.141 e. The Kier molecular flexibility index (Phi) is 5.65. The number of oxime groups is 1. The van der Waals surface area contributed by atoms with E-state index in [2.05, 4.69) is 43.1 Å². The Bertz CT molecular complexity index is 378. The van der Waals surface area contributed by atoms with Gasteiger partial charge in [0.15, 0.2) is 0 Å². The molecular formula is C14H23N3O. The van der Waals surface area contributed by atoms with E-state index in [0.717, 1.165) is 6.42 Å². The lowest BCUT2D eigenvalue weighted by Gasteiger charge is -2.32. The topological polar surface area (TPSA) is 61.8 Å². The quantitative estimate of drug-likeness (QED) is 0.352. The summed E-state index contributed by atoms with van der Waals surface area (Å²) in [5, 5.41) is 11.8. The van der Waals surface area contributed by atoms with E-state index in [9.17, 15) is 0 Å². The molecule has 0 aliphatic heterocycles. The van der Waals surface area contributed by atoms with E-state index in [1.54, 1.807) is 0 Å². The zero-order valence-electron chi connectivity index (χ0n) is 11.4. The molecule has 0 amide bonds. The highest BCUT2D eigenvalue weighted by atomic mass is 16.4. The highest BCUT2D eigenvalue weighted by molar-refractivity contribution is 5.80. The zero-order chi connectivity index (χ0) is 13.5. The van der Waals surface area contributed by atoms with Crippen LogP contribution in [0.3, 0.4) is 0 Å². The second-order valence-corrected chi connectivity index (χ2v) is 4.64. The molecule has 4 heteroatoms. The summed E-state index contributed by atoms with van der Waals surface area (Å²) in [7, 11) is 2.08. The van der Waals surface area contributed by atoms with Crippen LogP contribution in [-0.2, 0) is 0 Å². The SMILES string of the molecule is CCC(C)N(C)C(CC(N)=NO)c1ccccc1. The summed E-state index contributed by atoms with van der Waals surface area (Å²) in [6.45, 7) is 4.34. The molecular weight excluding hydrogens is 226 g/mol. The zero-order valence-corrected chi connectivity index (χ0v) is 11.4. The molecule has 0 saturated carbocycles. The molecule has 0 aliphatic rings. The van der Waals surface area contributed by atoms with E-state index < -0.39 is 0 Å². The number of nitrogens with zero attached hydrogens (tertiary/aromatic N) is 2. The number of rotatable bonds is 6. The molecule has 2 atom stereocenters. The molecule has 0 fully saturated rings.